The molecule has 0 aromatic heterocycles. The molecule has 0 unspecified atom stereocenters. The van der Waals surface area contributed by atoms with Crippen molar-refractivity contribution < 1.29 is 55.1 Å². The Labute approximate surface area is 98.5 Å². The molecule has 0 amide bonds. The molecule has 0 aliphatic rings. The maximum atomic E-state index is 8.52. The summed E-state index contributed by atoms with van der Waals surface area (Å²) in [7, 11) is -5.17. The van der Waals surface area contributed by atoms with Crippen molar-refractivity contribution in [1.29, 1.82) is 0 Å². The topological polar surface area (TPSA) is 171 Å². The zero-order valence-electron chi connectivity index (χ0n) is 5.05. The van der Waals surface area contributed by atoms with Gasteiger partial charge in [-0.2, -0.15) is 0 Å². The average Bonchev–Trinajstić information content (AvgIpc) is 1.19. The van der Waals surface area contributed by atoms with Crippen molar-refractivity contribution in [2.75, 3.05) is 0 Å². The number of hydrogen-bond acceptors (Lipinski definition) is 7. The van der Waals surface area contributed by atoms with E-state index in [0.717, 1.165) is 0 Å². The Balaban J connectivity index is -0.0000000221. The SMILES string of the molecule is O=C([O-])O.O=S(=O)([O-])[O-].[Cu+2].[OH-].[Pb+2]. The van der Waals surface area contributed by atoms with E-state index in [9.17, 15) is 0 Å². The molecule has 0 heterocycles. The maximum Gasteiger partial charge on any atom is 2.00 e. The molecule has 0 saturated carbocycles. The van der Waals surface area contributed by atoms with Gasteiger partial charge >= 0.3 is 44.4 Å². The monoisotopic (exact) mass is 445 g/mol. The van der Waals surface area contributed by atoms with Crippen molar-refractivity contribution in [2.24, 2.45) is 0 Å². The van der Waals surface area contributed by atoms with Crippen molar-refractivity contribution >= 4 is 43.9 Å². The predicted octanol–water partition coefficient (Wildman–Crippen LogP) is -3.01. The van der Waals surface area contributed by atoms with Crippen LogP contribution in [-0.4, -0.2) is 61.6 Å². The molecule has 11 heteroatoms. The fourth-order valence-corrected chi connectivity index (χ4v) is 0. The first kappa shape index (κ1) is 29.4. The number of carbonyl (C=O) groups is 1. The molecule has 75 valence electrons. The van der Waals surface area contributed by atoms with Crippen LogP contribution in [0.4, 0.5) is 4.79 Å². The zero-order chi connectivity index (χ0) is 8.08. The van der Waals surface area contributed by atoms with Crippen molar-refractivity contribution in [3.63, 3.8) is 0 Å². The van der Waals surface area contributed by atoms with E-state index in [1.54, 1.807) is 0 Å². The Bertz CT molecular complexity index is 161. The third-order valence-electron chi connectivity index (χ3n) is 0. The van der Waals surface area contributed by atoms with Crippen LogP contribution in [-0.2, 0) is 27.5 Å². The van der Waals surface area contributed by atoms with E-state index in [1.165, 1.54) is 0 Å². The van der Waals surface area contributed by atoms with Gasteiger partial charge in [0, 0.05) is 10.4 Å². The van der Waals surface area contributed by atoms with Crippen molar-refractivity contribution in [3.8, 4) is 0 Å². The molecule has 8 nitrogen and oxygen atoms in total. The Kier molecular flexibility index (Phi) is 34.5. The number of rotatable bonds is 0. The van der Waals surface area contributed by atoms with Crippen LogP contribution in [0.5, 0.6) is 0 Å². The van der Waals surface area contributed by atoms with Crippen LogP contribution in [0.2, 0.25) is 0 Å². The molecule has 2 N–H and O–H groups in total. The Morgan fingerprint density at radius 1 is 1.25 bits per heavy atom. The molecule has 0 atom stereocenters. The van der Waals surface area contributed by atoms with Crippen LogP contribution in [0.15, 0.2) is 0 Å². The minimum atomic E-state index is -5.17. The van der Waals surface area contributed by atoms with E-state index < -0.39 is 16.6 Å². The summed E-state index contributed by atoms with van der Waals surface area (Å²) in [5.41, 5.74) is 0. The van der Waals surface area contributed by atoms with Gasteiger partial charge < -0.3 is 29.6 Å². The Morgan fingerprint density at radius 2 is 1.25 bits per heavy atom. The summed E-state index contributed by atoms with van der Waals surface area (Å²) in [6.45, 7) is 0. The summed E-state index contributed by atoms with van der Waals surface area (Å²) in [5, 5.41) is 15.3. The first-order chi connectivity index (χ1) is 3.73. The van der Waals surface area contributed by atoms with Crippen molar-refractivity contribution in [1.82, 2.24) is 0 Å². The van der Waals surface area contributed by atoms with Gasteiger partial charge in [0.2, 0.25) is 6.16 Å². The molecular weight excluding hydrogens is 443 g/mol. The zero-order valence-corrected chi connectivity index (χ0v) is 10.7. The van der Waals surface area contributed by atoms with Gasteiger partial charge in [0.05, 0.1) is 0 Å². The summed E-state index contributed by atoms with van der Waals surface area (Å²) in [6, 6.07) is 0. The van der Waals surface area contributed by atoms with Gasteiger partial charge in [-0.1, -0.05) is 0 Å². The van der Waals surface area contributed by atoms with Crippen LogP contribution in [0, 0.1) is 0 Å². The summed E-state index contributed by atoms with van der Waals surface area (Å²) < 4.78 is 34.1. The second-order valence-corrected chi connectivity index (χ2v) is 1.49. The molecule has 0 spiro atoms. The molecule has 0 aliphatic heterocycles. The molecule has 3 radical (unpaired) electrons. The van der Waals surface area contributed by atoms with Crippen LogP contribution >= 0.6 is 0 Å². The van der Waals surface area contributed by atoms with Gasteiger partial charge in [-0.25, -0.2) is 0 Å². The van der Waals surface area contributed by atoms with Crippen LogP contribution in [0.3, 0.4) is 0 Å². The van der Waals surface area contributed by atoms with E-state index in [-0.39, 0.29) is 49.8 Å². The van der Waals surface area contributed by atoms with Crippen LogP contribution in [0.1, 0.15) is 0 Å². The smallest absolute Gasteiger partial charge is 0.870 e. The Hall–Kier alpha value is 0.542. The summed E-state index contributed by atoms with van der Waals surface area (Å²) in [5.74, 6) is 0. The molecule has 0 bridgehead atoms. The van der Waals surface area contributed by atoms with E-state index in [4.69, 9.17) is 32.5 Å². The fourth-order valence-electron chi connectivity index (χ4n) is 0. The van der Waals surface area contributed by atoms with Gasteiger partial charge in [-0.3, -0.25) is 8.42 Å². The largest absolute Gasteiger partial charge is 2.00 e. The fraction of sp³-hybridized carbons (Fsp3) is 0. The number of hydrogen-bond donors (Lipinski definition) is 1. The molecule has 0 fully saturated rings. The number of carboxylic acid groups (broad SMARTS) is 2. The van der Waals surface area contributed by atoms with E-state index >= 15 is 0 Å². The minimum absolute atomic E-state index is 0. The van der Waals surface area contributed by atoms with Crippen LogP contribution in [0.25, 0.3) is 0 Å². The van der Waals surface area contributed by atoms with Crippen molar-refractivity contribution in [3.05, 3.63) is 0 Å². The van der Waals surface area contributed by atoms with E-state index in [0.29, 0.717) is 0 Å². The maximum absolute atomic E-state index is 8.52. The standard InChI is InChI=1S/CH2O3.Cu.H2O4S.H2O.Pb/c2-1(3)4;;1-5(2,3)4;;/h(H2,2,3,4);;(H2,1,2,3,4);1H2;/q;+2;;;+2/p-4. The van der Waals surface area contributed by atoms with Crippen molar-refractivity contribution in [2.45, 2.75) is 0 Å². The van der Waals surface area contributed by atoms with Gasteiger partial charge in [0.1, 0.15) is 0 Å². The van der Waals surface area contributed by atoms with E-state index in [2.05, 4.69) is 0 Å². The average molecular weight is 445 g/mol. The quantitative estimate of drug-likeness (QED) is 0.234. The Morgan fingerprint density at radius 3 is 1.25 bits per heavy atom. The third kappa shape index (κ3) is 3270. The molecule has 0 aromatic carbocycles. The van der Waals surface area contributed by atoms with Gasteiger partial charge in [0.25, 0.3) is 0 Å². The van der Waals surface area contributed by atoms with E-state index in [1.807, 2.05) is 0 Å². The minimum Gasteiger partial charge on any atom is -0.870 e. The molecule has 0 saturated heterocycles. The first-order valence-electron chi connectivity index (χ1n) is 1.30. The van der Waals surface area contributed by atoms with Gasteiger partial charge in [-0.05, 0) is 0 Å². The molecular formula is CH2CuO8PbS. The van der Waals surface area contributed by atoms with Gasteiger partial charge in [-0.15, -0.1) is 0 Å². The first-order valence-corrected chi connectivity index (χ1v) is 2.63. The predicted molar refractivity (Wildman–Crippen MR) is 26.2 cm³/mol. The van der Waals surface area contributed by atoms with Crippen LogP contribution < -0.4 is 5.11 Å². The summed E-state index contributed by atoms with van der Waals surface area (Å²) in [6.07, 6.45) is -2.08. The molecule has 0 aromatic rings. The summed E-state index contributed by atoms with van der Waals surface area (Å²) >= 11 is 0. The normalized spacial score (nSPS) is 6.83. The molecule has 0 aliphatic carbocycles. The third-order valence-corrected chi connectivity index (χ3v) is 0. The summed E-state index contributed by atoms with van der Waals surface area (Å²) in [4.78, 5) is 8.44. The van der Waals surface area contributed by atoms with Gasteiger partial charge in [0.15, 0.2) is 0 Å². The second kappa shape index (κ2) is 14.1. The molecule has 0 rings (SSSR count). The second-order valence-electron chi connectivity index (χ2n) is 0.674. The molecule has 12 heavy (non-hydrogen) atoms.